The number of rotatable bonds is 7. The van der Waals surface area contributed by atoms with Gasteiger partial charge in [0.05, 0.1) is 11.7 Å². The highest BCUT2D eigenvalue weighted by Crippen LogP contribution is 2.21. The maximum absolute atomic E-state index is 12.6. The van der Waals surface area contributed by atoms with E-state index in [0.29, 0.717) is 27.9 Å². The normalized spacial score (nSPS) is 16.1. The highest BCUT2D eigenvalue weighted by Gasteiger charge is 2.22. The van der Waals surface area contributed by atoms with E-state index in [0.717, 1.165) is 31.7 Å². The number of fused-ring (bicyclic) bond motifs is 1. The third-order valence-electron chi connectivity index (χ3n) is 5.67. The molecule has 3 aromatic rings. The van der Waals surface area contributed by atoms with Crippen LogP contribution in [0.3, 0.4) is 0 Å². The van der Waals surface area contributed by atoms with E-state index in [4.69, 9.17) is 16.3 Å². The number of aliphatic hydroxyl groups is 1. The second-order valence-electron chi connectivity index (χ2n) is 8.01. The summed E-state index contributed by atoms with van der Waals surface area (Å²) in [4.78, 5) is 29.3. The smallest absolute Gasteiger partial charge is 0.255 e. The Balaban J connectivity index is 1.24. The van der Waals surface area contributed by atoms with Gasteiger partial charge in [0.1, 0.15) is 11.9 Å². The van der Waals surface area contributed by atoms with Crippen LogP contribution in [0.15, 0.2) is 59.5 Å². The van der Waals surface area contributed by atoms with Crippen LogP contribution in [0.1, 0.15) is 23.2 Å². The SMILES string of the molecule is O=C(NCC(O)CN1CCC(Oc2ccc(Cl)cc2)CC1)c1c[nH]c(=O)c2ccccc12. The lowest BCUT2D eigenvalue weighted by molar-refractivity contribution is 0.0594. The van der Waals surface area contributed by atoms with Gasteiger partial charge in [-0.25, -0.2) is 0 Å². The number of likely N-dealkylation sites (tertiary alicyclic amines) is 1. The van der Waals surface area contributed by atoms with Gasteiger partial charge in [0.15, 0.2) is 0 Å². The minimum absolute atomic E-state index is 0.132. The summed E-state index contributed by atoms with van der Waals surface area (Å²) in [7, 11) is 0. The standard InChI is InChI=1S/C24H26ClN3O4/c25-16-5-7-18(8-6-16)32-19-9-11-28(12-10-19)15-17(29)13-26-24(31)22-14-27-23(30)21-4-2-1-3-20(21)22/h1-8,14,17,19,29H,9-13,15H2,(H,26,31)(H,27,30). The van der Waals surface area contributed by atoms with Gasteiger partial charge in [0, 0.05) is 48.2 Å². The first-order valence-corrected chi connectivity index (χ1v) is 11.1. The number of carbonyl (C=O) groups is 1. The van der Waals surface area contributed by atoms with Crippen LogP contribution in [0.5, 0.6) is 5.75 Å². The molecule has 1 aliphatic rings. The summed E-state index contributed by atoms with van der Waals surface area (Å²) in [5.74, 6) is 0.483. The summed E-state index contributed by atoms with van der Waals surface area (Å²) in [6.45, 7) is 2.23. The Kier molecular flexibility index (Phi) is 7.09. The van der Waals surface area contributed by atoms with Gasteiger partial charge in [-0.05, 0) is 43.2 Å². The molecule has 4 rings (SSSR count). The molecule has 1 aliphatic heterocycles. The summed E-state index contributed by atoms with van der Waals surface area (Å²) in [5, 5.41) is 14.9. The van der Waals surface area contributed by atoms with Crippen LogP contribution in [0.4, 0.5) is 0 Å². The fourth-order valence-electron chi connectivity index (χ4n) is 3.98. The first kappa shape index (κ1) is 22.3. The lowest BCUT2D eigenvalue weighted by Gasteiger charge is -2.33. The van der Waals surface area contributed by atoms with Crippen LogP contribution < -0.4 is 15.6 Å². The number of ether oxygens (including phenoxy) is 1. The number of nitrogens with zero attached hydrogens (tertiary/aromatic N) is 1. The number of H-pyrrole nitrogens is 1. The predicted octanol–water partition coefficient (Wildman–Crippen LogP) is 2.82. The van der Waals surface area contributed by atoms with Crippen molar-refractivity contribution in [2.75, 3.05) is 26.2 Å². The number of β-amino-alcohol motifs (C(OH)–C–C–N with tert-alkyl or cyclic N) is 1. The zero-order chi connectivity index (χ0) is 22.5. The van der Waals surface area contributed by atoms with Crippen LogP contribution in [0, 0.1) is 0 Å². The summed E-state index contributed by atoms with van der Waals surface area (Å²) >= 11 is 5.91. The number of amides is 1. The molecule has 1 unspecified atom stereocenters. The van der Waals surface area contributed by atoms with Gasteiger partial charge in [-0.15, -0.1) is 0 Å². The van der Waals surface area contributed by atoms with Crippen LogP contribution in [0.25, 0.3) is 10.8 Å². The third kappa shape index (κ3) is 5.48. The van der Waals surface area contributed by atoms with Gasteiger partial charge in [0.2, 0.25) is 0 Å². The van der Waals surface area contributed by atoms with Crippen molar-refractivity contribution >= 4 is 28.3 Å². The molecule has 2 aromatic carbocycles. The fourth-order valence-corrected chi connectivity index (χ4v) is 4.11. The number of piperidine rings is 1. The summed E-state index contributed by atoms with van der Waals surface area (Å²) in [6, 6.07) is 14.3. The molecule has 0 spiro atoms. The number of aromatic amines is 1. The van der Waals surface area contributed by atoms with Crippen molar-refractivity contribution in [2.24, 2.45) is 0 Å². The molecule has 0 radical (unpaired) electrons. The number of aliphatic hydroxyl groups excluding tert-OH is 1. The molecule has 0 bridgehead atoms. The van der Waals surface area contributed by atoms with Gasteiger partial charge in [-0.3, -0.25) is 9.59 Å². The average molecular weight is 456 g/mol. The van der Waals surface area contributed by atoms with Crippen molar-refractivity contribution in [3.8, 4) is 5.75 Å². The van der Waals surface area contributed by atoms with Gasteiger partial charge in [0.25, 0.3) is 11.5 Å². The van der Waals surface area contributed by atoms with Crippen LogP contribution in [0.2, 0.25) is 5.02 Å². The molecule has 1 fully saturated rings. The zero-order valence-electron chi connectivity index (χ0n) is 17.6. The highest BCUT2D eigenvalue weighted by atomic mass is 35.5. The van der Waals surface area contributed by atoms with Crippen LogP contribution in [-0.2, 0) is 0 Å². The summed E-state index contributed by atoms with van der Waals surface area (Å²) in [6.07, 6.45) is 2.59. The van der Waals surface area contributed by atoms with E-state index in [-0.39, 0.29) is 24.1 Å². The minimum Gasteiger partial charge on any atom is -0.490 e. The molecule has 0 saturated carbocycles. The second-order valence-corrected chi connectivity index (χ2v) is 8.45. The zero-order valence-corrected chi connectivity index (χ0v) is 18.3. The number of aromatic nitrogens is 1. The van der Waals surface area contributed by atoms with Gasteiger partial charge >= 0.3 is 0 Å². The molecule has 7 nitrogen and oxygen atoms in total. The van der Waals surface area contributed by atoms with Gasteiger partial charge < -0.3 is 25.0 Å². The lowest BCUT2D eigenvalue weighted by atomic mass is 10.1. The van der Waals surface area contributed by atoms with Crippen LogP contribution in [-0.4, -0.2) is 59.3 Å². The van der Waals surface area contributed by atoms with E-state index >= 15 is 0 Å². The first-order valence-electron chi connectivity index (χ1n) is 10.7. The molecule has 168 valence electrons. The highest BCUT2D eigenvalue weighted by molar-refractivity contribution is 6.30. The van der Waals surface area contributed by atoms with Crippen molar-refractivity contribution in [1.82, 2.24) is 15.2 Å². The summed E-state index contributed by atoms with van der Waals surface area (Å²) in [5.41, 5.74) is 0.146. The van der Waals surface area contributed by atoms with Crippen molar-refractivity contribution in [2.45, 2.75) is 25.0 Å². The molecule has 1 amide bonds. The average Bonchev–Trinajstić information content (AvgIpc) is 2.81. The van der Waals surface area contributed by atoms with Crippen molar-refractivity contribution in [3.05, 3.63) is 75.7 Å². The van der Waals surface area contributed by atoms with Crippen LogP contribution >= 0.6 is 11.6 Å². The maximum Gasteiger partial charge on any atom is 0.255 e. The number of halogens is 1. The monoisotopic (exact) mass is 455 g/mol. The Morgan fingerprint density at radius 1 is 1.16 bits per heavy atom. The van der Waals surface area contributed by atoms with E-state index in [2.05, 4.69) is 15.2 Å². The first-order chi connectivity index (χ1) is 15.5. The van der Waals surface area contributed by atoms with E-state index in [1.165, 1.54) is 6.20 Å². The van der Waals surface area contributed by atoms with Crippen molar-refractivity contribution in [1.29, 1.82) is 0 Å². The molecule has 32 heavy (non-hydrogen) atoms. The lowest BCUT2D eigenvalue weighted by Crippen LogP contribution is -2.45. The Morgan fingerprint density at radius 2 is 1.84 bits per heavy atom. The van der Waals surface area contributed by atoms with Gasteiger partial charge in [-0.2, -0.15) is 0 Å². The molecule has 2 heterocycles. The van der Waals surface area contributed by atoms with E-state index in [1.807, 2.05) is 24.3 Å². The fraction of sp³-hybridized carbons (Fsp3) is 0.333. The second kappa shape index (κ2) is 10.2. The molecule has 1 saturated heterocycles. The predicted molar refractivity (Wildman–Crippen MR) is 124 cm³/mol. The molecule has 1 atom stereocenters. The molecule has 1 aromatic heterocycles. The Morgan fingerprint density at radius 3 is 2.56 bits per heavy atom. The molecular formula is C24H26ClN3O4. The molecule has 3 N–H and O–H groups in total. The van der Waals surface area contributed by atoms with E-state index in [9.17, 15) is 14.7 Å². The van der Waals surface area contributed by atoms with E-state index < -0.39 is 6.10 Å². The van der Waals surface area contributed by atoms with Crippen molar-refractivity contribution in [3.63, 3.8) is 0 Å². The molecule has 8 heteroatoms. The Labute approximate surface area is 191 Å². The van der Waals surface area contributed by atoms with E-state index in [1.54, 1.807) is 24.3 Å². The minimum atomic E-state index is -0.693. The third-order valence-corrected chi connectivity index (χ3v) is 5.92. The Hall–Kier alpha value is -2.87. The summed E-state index contributed by atoms with van der Waals surface area (Å²) < 4.78 is 6.01. The Bertz CT molecular complexity index is 1120. The number of nitrogens with one attached hydrogen (secondary N) is 2. The molecule has 0 aliphatic carbocycles. The number of benzene rings is 2. The number of pyridine rings is 1. The topological polar surface area (TPSA) is 94.7 Å². The number of hydrogen-bond donors (Lipinski definition) is 3. The van der Waals surface area contributed by atoms with Crippen molar-refractivity contribution < 1.29 is 14.6 Å². The number of carbonyl (C=O) groups excluding carboxylic acids is 1. The van der Waals surface area contributed by atoms with Gasteiger partial charge in [-0.1, -0.05) is 29.8 Å². The largest absolute Gasteiger partial charge is 0.490 e. The maximum atomic E-state index is 12.6. The number of hydrogen-bond acceptors (Lipinski definition) is 5. The quantitative estimate of drug-likeness (QED) is 0.509. The molecular weight excluding hydrogens is 430 g/mol.